The highest BCUT2D eigenvalue weighted by atomic mass is 32.1. The lowest BCUT2D eigenvalue weighted by molar-refractivity contribution is 0.591. The van der Waals surface area contributed by atoms with Crippen molar-refractivity contribution in [3.05, 3.63) is 151 Å². The normalized spacial score (nSPS) is 11.7. The van der Waals surface area contributed by atoms with E-state index in [-0.39, 0.29) is 5.41 Å². The van der Waals surface area contributed by atoms with E-state index in [0.717, 1.165) is 5.69 Å². The third-order valence-electron chi connectivity index (χ3n) is 8.01. The first kappa shape index (κ1) is 26.3. The number of fused-ring (bicyclic) bond motifs is 3. The van der Waals surface area contributed by atoms with Gasteiger partial charge >= 0.3 is 0 Å². The maximum atomic E-state index is 2.44. The van der Waals surface area contributed by atoms with E-state index >= 15 is 0 Å². The van der Waals surface area contributed by atoms with Gasteiger partial charge in [-0.3, -0.25) is 0 Å². The highest BCUT2D eigenvalue weighted by Gasteiger charge is 2.25. The first-order valence-corrected chi connectivity index (χ1v) is 15.3. The van der Waals surface area contributed by atoms with E-state index in [0.29, 0.717) is 0 Å². The summed E-state index contributed by atoms with van der Waals surface area (Å²) in [4.78, 5) is 2.44. The zero-order valence-corrected chi connectivity index (χ0v) is 25.0. The van der Waals surface area contributed by atoms with Crippen LogP contribution in [-0.2, 0) is 5.41 Å². The molecule has 204 valence electrons. The molecule has 0 saturated heterocycles. The predicted molar refractivity (Wildman–Crippen MR) is 184 cm³/mol. The van der Waals surface area contributed by atoms with Crippen LogP contribution in [0.4, 0.5) is 17.1 Å². The van der Waals surface area contributed by atoms with E-state index in [1.165, 1.54) is 59.4 Å². The van der Waals surface area contributed by atoms with Gasteiger partial charge in [-0.15, -0.1) is 11.3 Å². The van der Waals surface area contributed by atoms with Crippen molar-refractivity contribution in [3.8, 4) is 22.3 Å². The first-order valence-electron chi connectivity index (χ1n) is 14.5. The Hall–Kier alpha value is -4.66. The molecule has 0 aliphatic rings. The molecule has 0 spiro atoms. The highest BCUT2D eigenvalue weighted by Crippen LogP contribution is 2.45. The zero-order valence-electron chi connectivity index (χ0n) is 24.2. The second kappa shape index (κ2) is 10.6. The fraction of sp³-hybridized carbons (Fsp3) is 0.100. The molecule has 0 fully saturated rings. The number of hydrogen-bond acceptors (Lipinski definition) is 2. The predicted octanol–water partition coefficient (Wildman–Crippen LogP) is 12.2. The van der Waals surface area contributed by atoms with Crippen LogP contribution >= 0.6 is 11.3 Å². The van der Waals surface area contributed by atoms with Crippen molar-refractivity contribution in [2.24, 2.45) is 0 Å². The molecule has 6 aromatic carbocycles. The molecule has 0 atom stereocenters. The molecule has 0 radical (unpaired) electrons. The van der Waals surface area contributed by atoms with E-state index in [9.17, 15) is 0 Å². The number of hydrogen-bond donors (Lipinski definition) is 0. The van der Waals surface area contributed by atoms with Crippen LogP contribution in [0.15, 0.2) is 146 Å². The molecule has 0 aliphatic heterocycles. The Morgan fingerprint density at radius 2 is 1.00 bits per heavy atom. The van der Waals surface area contributed by atoms with Gasteiger partial charge in [0.25, 0.3) is 0 Å². The molecule has 1 nitrogen and oxygen atoms in total. The lowest BCUT2D eigenvalue weighted by Crippen LogP contribution is -2.19. The lowest BCUT2D eigenvalue weighted by atomic mass is 9.83. The van der Waals surface area contributed by atoms with Crippen LogP contribution in [0.25, 0.3) is 42.4 Å². The minimum absolute atomic E-state index is 0.0654. The average molecular weight is 560 g/mol. The van der Waals surface area contributed by atoms with Crippen LogP contribution in [0.3, 0.4) is 0 Å². The van der Waals surface area contributed by atoms with Crippen molar-refractivity contribution in [2.45, 2.75) is 26.2 Å². The Morgan fingerprint density at radius 3 is 1.69 bits per heavy atom. The second-order valence-corrected chi connectivity index (χ2v) is 13.0. The van der Waals surface area contributed by atoms with E-state index in [1.54, 1.807) is 0 Å². The minimum Gasteiger partial charge on any atom is -0.310 e. The summed E-state index contributed by atoms with van der Waals surface area (Å²) in [5.74, 6) is 0. The monoisotopic (exact) mass is 559 g/mol. The first-order chi connectivity index (χ1) is 20.5. The number of thiophene rings is 1. The molecule has 0 amide bonds. The molecule has 0 N–H and O–H groups in total. The Morgan fingerprint density at radius 1 is 0.452 bits per heavy atom. The van der Waals surface area contributed by atoms with Crippen molar-refractivity contribution in [1.82, 2.24) is 0 Å². The van der Waals surface area contributed by atoms with Gasteiger partial charge in [0, 0.05) is 37.2 Å². The zero-order chi connectivity index (χ0) is 28.7. The van der Waals surface area contributed by atoms with Gasteiger partial charge in [0.1, 0.15) is 0 Å². The minimum atomic E-state index is -0.0654. The maximum Gasteiger partial charge on any atom is 0.0499 e. The number of anilines is 3. The second-order valence-electron chi connectivity index (χ2n) is 11.9. The van der Waals surface area contributed by atoms with Gasteiger partial charge in [0.15, 0.2) is 0 Å². The summed E-state index contributed by atoms with van der Waals surface area (Å²) in [5.41, 5.74) is 9.68. The van der Waals surface area contributed by atoms with Crippen LogP contribution in [-0.4, -0.2) is 0 Å². The van der Waals surface area contributed by atoms with Gasteiger partial charge in [-0.1, -0.05) is 124 Å². The van der Waals surface area contributed by atoms with E-state index in [1.807, 2.05) is 11.3 Å². The standard InChI is InChI=1S/C40H33NS/c1-40(2,3)36-26-31(29-14-8-5-9-15-29)20-25-37(36)41(32-21-18-30(19-22-32)28-12-6-4-7-13-28)33-23-24-35-34-16-10-11-17-38(34)42-39(35)27-33/h4-27H,1-3H3. The van der Waals surface area contributed by atoms with E-state index < -0.39 is 0 Å². The molecular weight excluding hydrogens is 527 g/mol. The summed E-state index contributed by atoms with van der Waals surface area (Å²) < 4.78 is 2.63. The molecule has 0 aliphatic carbocycles. The van der Waals surface area contributed by atoms with Crippen LogP contribution in [0, 0.1) is 0 Å². The van der Waals surface area contributed by atoms with Gasteiger partial charge in [-0.25, -0.2) is 0 Å². The Balaban J connectivity index is 1.42. The van der Waals surface area contributed by atoms with E-state index in [2.05, 4.69) is 171 Å². The summed E-state index contributed by atoms with van der Waals surface area (Å²) in [7, 11) is 0. The third kappa shape index (κ3) is 4.89. The van der Waals surface area contributed by atoms with Crippen molar-refractivity contribution in [2.75, 3.05) is 4.90 Å². The van der Waals surface area contributed by atoms with Gasteiger partial charge in [-0.05, 0) is 75.7 Å². The van der Waals surface area contributed by atoms with Gasteiger partial charge in [-0.2, -0.15) is 0 Å². The quantitative estimate of drug-likeness (QED) is 0.203. The summed E-state index contributed by atoms with van der Waals surface area (Å²) in [6.45, 7) is 6.94. The molecule has 7 aromatic rings. The van der Waals surface area contributed by atoms with Crippen LogP contribution in [0.5, 0.6) is 0 Å². The molecule has 0 unspecified atom stereocenters. The number of rotatable bonds is 5. The molecule has 7 rings (SSSR count). The summed E-state index contributed by atoms with van der Waals surface area (Å²) >= 11 is 1.87. The fourth-order valence-corrected chi connectivity index (χ4v) is 7.00. The smallest absolute Gasteiger partial charge is 0.0499 e. The summed E-state index contributed by atoms with van der Waals surface area (Å²) in [5, 5.41) is 2.64. The molecule has 42 heavy (non-hydrogen) atoms. The molecule has 1 heterocycles. The number of benzene rings is 6. The summed E-state index contributed by atoms with van der Waals surface area (Å²) in [6, 6.07) is 52.9. The Kier molecular flexibility index (Phi) is 6.64. The van der Waals surface area contributed by atoms with Crippen molar-refractivity contribution in [3.63, 3.8) is 0 Å². The molecule has 2 heteroatoms. The fourth-order valence-electron chi connectivity index (χ4n) is 5.86. The van der Waals surface area contributed by atoms with E-state index in [4.69, 9.17) is 0 Å². The average Bonchev–Trinajstić information content (AvgIpc) is 3.40. The molecular formula is C40H33NS. The summed E-state index contributed by atoms with van der Waals surface area (Å²) in [6.07, 6.45) is 0. The maximum absolute atomic E-state index is 2.44. The van der Waals surface area contributed by atoms with Crippen molar-refractivity contribution < 1.29 is 0 Å². The molecule has 0 saturated carbocycles. The topological polar surface area (TPSA) is 3.24 Å². The Bertz CT molecular complexity index is 2000. The van der Waals surface area contributed by atoms with Crippen LogP contribution < -0.4 is 4.90 Å². The molecule has 0 bridgehead atoms. The number of nitrogens with zero attached hydrogens (tertiary/aromatic N) is 1. The highest BCUT2D eigenvalue weighted by molar-refractivity contribution is 7.25. The molecule has 1 aromatic heterocycles. The van der Waals surface area contributed by atoms with Crippen LogP contribution in [0.2, 0.25) is 0 Å². The van der Waals surface area contributed by atoms with Crippen LogP contribution in [0.1, 0.15) is 26.3 Å². The Labute approximate surface area is 252 Å². The van der Waals surface area contributed by atoms with Crippen molar-refractivity contribution in [1.29, 1.82) is 0 Å². The van der Waals surface area contributed by atoms with Crippen molar-refractivity contribution >= 4 is 48.6 Å². The van der Waals surface area contributed by atoms with Gasteiger partial charge < -0.3 is 4.90 Å². The third-order valence-corrected chi connectivity index (χ3v) is 9.14. The van der Waals surface area contributed by atoms with Gasteiger partial charge in [0.2, 0.25) is 0 Å². The van der Waals surface area contributed by atoms with Gasteiger partial charge in [0.05, 0.1) is 0 Å². The SMILES string of the molecule is CC(C)(C)c1cc(-c2ccccc2)ccc1N(c1ccc(-c2ccccc2)cc1)c1ccc2c(c1)sc1ccccc12. The largest absolute Gasteiger partial charge is 0.310 e. The lowest BCUT2D eigenvalue weighted by Gasteiger charge is -2.32.